The van der Waals surface area contributed by atoms with E-state index in [1.54, 1.807) is 0 Å². The van der Waals surface area contributed by atoms with Gasteiger partial charge in [-0.1, -0.05) is 0 Å². The van der Waals surface area contributed by atoms with Crippen LogP contribution in [0.25, 0.3) is 11.1 Å². The molecular weight excluding hydrogens is 347 g/mol. The molecule has 0 saturated carbocycles. The third kappa shape index (κ3) is 3.14. The van der Waals surface area contributed by atoms with Crippen molar-refractivity contribution in [3.63, 3.8) is 0 Å². The van der Waals surface area contributed by atoms with Crippen LogP contribution < -0.4 is 15.7 Å². The van der Waals surface area contributed by atoms with E-state index < -0.39 is 23.7 Å². The monoisotopic (exact) mass is 361 g/mol. The van der Waals surface area contributed by atoms with Crippen LogP contribution in [-0.4, -0.2) is 7.11 Å². The standard InChI is InChI=1S/C16H13.CH3O.ClH.Zr/c1-2-8-13(7-1)15-11-5-6-12-16(15)14-9-3-4-10-14;1-2;;/h1-7,9,11H,8,10H2;1H3;1H;/q;-1;;+2/p-1. The zero-order chi connectivity index (χ0) is 13.1. The molecule has 0 saturated heterocycles. The molecule has 2 aliphatic carbocycles. The molecule has 2 aliphatic rings. The number of benzene rings is 1. The maximum Gasteiger partial charge on any atom is -1.00 e. The second-order valence-electron chi connectivity index (χ2n) is 4.68. The van der Waals surface area contributed by atoms with Crippen LogP contribution in [0.5, 0.6) is 0 Å². The summed E-state index contributed by atoms with van der Waals surface area (Å²) in [5.41, 5.74) is 5.71. The molecule has 0 N–H and O–H groups in total. The number of halogens is 1. The second-order valence-corrected chi connectivity index (χ2v) is 7.51. The van der Waals surface area contributed by atoms with Crippen molar-refractivity contribution in [1.82, 2.24) is 0 Å². The zero-order valence-corrected chi connectivity index (χ0v) is 14.6. The van der Waals surface area contributed by atoms with E-state index in [4.69, 9.17) is 2.81 Å². The number of allylic oxidation sites excluding steroid dienone is 8. The molecule has 0 radical (unpaired) electrons. The van der Waals surface area contributed by atoms with Gasteiger partial charge in [-0.25, -0.2) is 0 Å². The van der Waals surface area contributed by atoms with Gasteiger partial charge in [-0.3, -0.25) is 0 Å². The molecule has 1 aromatic rings. The minimum atomic E-state index is -0.918. The van der Waals surface area contributed by atoms with Gasteiger partial charge in [0.05, 0.1) is 0 Å². The Hall–Kier alpha value is -0.687. The van der Waals surface area contributed by atoms with Crippen molar-refractivity contribution >= 4 is 14.4 Å². The van der Waals surface area contributed by atoms with E-state index in [0.29, 0.717) is 0 Å². The average molecular weight is 363 g/mol. The summed E-state index contributed by atoms with van der Waals surface area (Å²) in [5, 5.41) is 0. The van der Waals surface area contributed by atoms with Gasteiger partial charge in [0.1, 0.15) is 0 Å². The third-order valence-electron chi connectivity index (χ3n) is 3.49. The smallest absolute Gasteiger partial charge is 1.00 e. The fraction of sp³-hybridized carbons (Fsp3) is 0.176. The van der Waals surface area contributed by atoms with Crippen LogP contribution in [0, 0.1) is 0 Å². The number of rotatable bonds is 4. The van der Waals surface area contributed by atoms with Crippen molar-refractivity contribution in [1.29, 1.82) is 0 Å². The van der Waals surface area contributed by atoms with Crippen molar-refractivity contribution in [2.75, 3.05) is 7.11 Å². The fourth-order valence-corrected chi connectivity index (χ4v) is 4.56. The Balaban J connectivity index is 0.00000147. The molecule has 0 atom stereocenters. The molecule has 1 aromatic carbocycles. The predicted octanol–water partition coefficient (Wildman–Crippen LogP) is 0.646. The molecule has 0 fully saturated rings. The Morgan fingerprint density at radius 1 is 1.00 bits per heavy atom. The molecule has 0 aromatic heterocycles. The van der Waals surface area contributed by atoms with Gasteiger partial charge in [0.15, 0.2) is 0 Å². The molecule has 0 bridgehead atoms. The van der Waals surface area contributed by atoms with E-state index in [9.17, 15) is 0 Å². The quantitative estimate of drug-likeness (QED) is 0.764. The Bertz CT molecular complexity index is 611. The van der Waals surface area contributed by atoms with E-state index in [0.717, 1.165) is 12.8 Å². The maximum atomic E-state index is 5.53. The largest absolute Gasteiger partial charge is 1.00 e. The minimum absolute atomic E-state index is 0. The average Bonchev–Trinajstić information content (AvgIpc) is 3.12. The predicted molar refractivity (Wildman–Crippen MR) is 76.6 cm³/mol. The fourth-order valence-electron chi connectivity index (χ4n) is 2.64. The van der Waals surface area contributed by atoms with Gasteiger partial charge in [-0.15, -0.1) is 0 Å². The van der Waals surface area contributed by atoms with Gasteiger partial charge in [0.2, 0.25) is 0 Å². The van der Waals surface area contributed by atoms with Crippen molar-refractivity contribution in [2.24, 2.45) is 0 Å². The van der Waals surface area contributed by atoms with Gasteiger partial charge >= 0.3 is 127 Å². The van der Waals surface area contributed by atoms with Crippen LogP contribution in [-0.2, 0) is 26.5 Å². The van der Waals surface area contributed by atoms with Crippen LogP contribution in [0.1, 0.15) is 24.0 Å². The summed E-state index contributed by atoms with van der Waals surface area (Å²) in [5.74, 6) is 0. The molecule has 101 valence electrons. The summed E-state index contributed by atoms with van der Waals surface area (Å²) in [6, 6.07) is 6.68. The van der Waals surface area contributed by atoms with Gasteiger partial charge in [-0.05, 0) is 0 Å². The second kappa shape index (κ2) is 7.36. The Morgan fingerprint density at radius 3 is 2.30 bits per heavy atom. The summed E-state index contributed by atoms with van der Waals surface area (Å²) < 4.78 is 6.98. The normalized spacial score (nSPS) is 15.7. The van der Waals surface area contributed by atoms with E-state index >= 15 is 0 Å². The van der Waals surface area contributed by atoms with Crippen LogP contribution in [0.3, 0.4) is 0 Å². The summed E-state index contributed by atoms with van der Waals surface area (Å²) in [6.45, 7) is 0. The van der Waals surface area contributed by atoms with Crippen molar-refractivity contribution < 1.29 is 38.9 Å². The zero-order valence-electron chi connectivity index (χ0n) is 11.4. The van der Waals surface area contributed by atoms with Crippen molar-refractivity contribution in [3.05, 3.63) is 65.8 Å². The van der Waals surface area contributed by atoms with Crippen LogP contribution in [0.4, 0.5) is 0 Å². The number of hydrogen-bond acceptors (Lipinski definition) is 1. The summed E-state index contributed by atoms with van der Waals surface area (Å²) in [4.78, 5) is 0. The summed E-state index contributed by atoms with van der Waals surface area (Å²) in [6.07, 6.45) is 15.4. The topological polar surface area (TPSA) is 9.23 Å². The Kier molecular flexibility index (Phi) is 5.78. The number of hydrogen-bond donors (Lipinski definition) is 0. The molecule has 0 amide bonds. The van der Waals surface area contributed by atoms with E-state index in [1.807, 2.05) is 7.11 Å². The molecule has 0 unspecified atom stereocenters. The minimum Gasteiger partial charge on any atom is -1.00 e. The van der Waals surface area contributed by atoms with Crippen LogP contribution in [0.2, 0.25) is 0 Å². The molecule has 20 heavy (non-hydrogen) atoms. The molecule has 3 heteroatoms. The van der Waals surface area contributed by atoms with E-state index in [1.165, 1.54) is 25.5 Å². The Labute approximate surface area is 138 Å². The molecule has 1 nitrogen and oxygen atoms in total. The summed E-state index contributed by atoms with van der Waals surface area (Å²) in [7, 11) is 1.83. The molecule has 0 heterocycles. The van der Waals surface area contributed by atoms with Crippen LogP contribution >= 0.6 is 0 Å². The first-order chi connectivity index (χ1) is 9.40. The maximum absolute atomic E-state index is 5.53. The Morgan fingerprint density at radius 2 is 1.70 bits per heavy atom. The molecule has 3 rings (SSSR count). The third-order valence-corrected chi connectivity index (χ3v) is 5.55. The van der Waals surface area contributed by atoms with Crippen molar-refractivity contribution in [2.45, 2.75) is 12.8 Å². The first-order valence-electron chi connectivity index (χ1n) is 6.54. The van der Waals surface area contributed by atoms with E-state index in [2.05, 4.69) is 54.7 Å². The molecular formula is C17H16ClOZr. The first kappa shape index (κ1) is 15.7. The van der Waals surface area contributed by atoms with Gasteiger partial charge < -0.3 is 12.4 Å². The van der Waals surface area contributed by atoms with Gasteiger partial charge in [0.25, 0.3) is 0 Å². The van der Waals surface area contributed by atoms with Gasteiger partial charge in [-0.2, -0.15) is 0 Å². The summed E-state index contributed by atoms with van der Waals surface area (Å²) >= 11 is -0.918. The van der Waals surface area contributed by atoms with Crippen LogP contribution in [0.15, 0.2) is 54.7 Å². The van der Waals surface area contributed by atoms with Gasteiger partial charge in [0, 0.05) is 0 Å². The first-order valence-corrected chi connectivity index (χ1v) is 8.77. The van der Waals surface area contributed by atoms with E-state index in [-0.39, 0.29) is 12.4 Å². The van der Waals surface area contributed by atoms with Crippen molar-refractivity contribution in [3.8, 4) is 0 Å². The molecule has 0 aliphatic heterocycles. The SMILES string of the molecule is C[O][Zr+][c]1cccc(C2=CC=CC2)c1C1=CC=CC1.[Cl-]. The molecule has 0 spiro atoms.